The molecule has 0 aromatic heterocycles. The highest BCUT2D eigenvalue weighted by Gasteiger charge is 2.05. The third-order valence-corrected chi connectivity index (χ3v) is 1.97. The Balaban J connectivity index is 2.19. The molecule has 1 rings (SSSR count). The summed E-state index contributed by atoms with van der Waals surface area (Å²) in [5.41, 5.74) is 4.93. The predicted octanol–water partition coefficient (Wildman–Crippen LogP) is -0.836. The van der Waals surface area contributed by atoms with Crippen LogP contribution in [0.15, 0.2) is 4.99 Å². The number of primary amides is 1. The number of nitrogens with zero attached hydrogens (tertiary/aromatic N) is 1. The van der Waals surface area contributed by atoms with Gasteiger partial charge in [0.15, 0.2) is 5.17 Å². The maximum atomic E-state index is 10.3. The summed E-state index contributed by atoms with van der Waals surface area (Å²) in [6.45, 7) is 1.68. The van der Waals surface area contributed by atoms with Crippen molar-refractivity contribution >= 4 is 22.8 Å². The first-order chi connectivity index (χ1) is 4.79. The SMILES string of the molecule is NC(=O)CSC1=NCCN1. The number of nitrogens with two attached hydrogens (primary N) is 1. The standard InChI is InChI=1S/C5H9N3OS/c6-4(9)3-10-5-7-1-2-8-5/h1-3H2,(H2,6,9)(H,7,8). The van der Waals surface area contributed by atoms with E-state index in [2.05, 4.69) is 10.3 Å². The van der Waals surface area contributed by atoms with Crippen LogP contribution in [0.5, 0.6) is 0 Å². The van der Waals surface area contributed by atoms with Crippen molar-refractivity contribution in [2.45, 2.75) is 0 Å². The van der Waals surface area contributed by atoms with Crippen molar-refractivity contribution < 1.29 is 4.79 Å². The first kappa shape index (κ1) is 7.40. The number of amides is 1. The number of aliphatic imine (C=N–C) groups is 1. The van der Waals surface area contributed by atoms with Crippen LogP contribution in [0, 0.1) is 0 Å². The molecule has 0 radical (unpaired) electrons. The third-order valence-electron chi connectivity index (χ3n) is 0.995. The molecule has 0 saturated carbocycles. The number of hydrogen-bond donors (Lipinski definition) is 2. The average molecular weight is 159 g/mol. The summed E-state index contributed by atoms with van der Waals surface area (Å²) in [6.07, 6.45) is 0. The number of nitrogens with one attached hydrogen (secondary N) is 1. The van der Waals surface area contributed by atoms with Crippen molar-refractivity contribution in [1.82, 2.24) is 5.32 Å². The summed E-state index contributed by atoms with van der Waals surface area (Å²) in [4.78, 5) is 14.3. The molecule has 0 aliphatic carbocycles. The van der Waals surface area contributed by atoms with E-state index in [9.17, 15) is 4.79 Å². The number of amidine groups is 1. The van der Waals surface area contributed by atoms with Gasteiger partial charge in [0.1, 0.15) is 0 Å². The van der Waals surface area contributed by atoms with Crippen LogP contribution < -0.4 is 11.1 Å². The van der Waals surface area contributed by atoms with E-state index >= 15 is 0 Å². The third kappa shape index (κ3) is 2.26. The van der Waals surface area contributed by atoms with E-state index in [0.717, 1.165) is 18.3 Å². The molecule has 1 aliphatic rings. The van der Waals surface area contributed by atoms with E-state index < -0.39 is 0 Å². The van der Waals surface area contributed by atoms with Crippen molar-refractivity contribution in [3.05, 3.63) is 0 Å². The number of rotatable bonds is 2. The van der Waals surface area contributed by atoms with Crippen molar-refractivity contribution in [3.63, 3.8) is 0 Å². The molecule has 5 heteroatoms. The van der Waals surface area contributed by atoms with Gasteiger partial charge >= 0.3 is 0 Å². The molecule has 1 amide bonds. The summed E-state index contributed by atoms with van der Waals surface area (Å²) >= 11 is 1.36. The molecular weight excluding hydrogens is 150 g/mol. The maximum Gasteiger partial charge on any atom is 0.227 e. The Labute approximate surface area is 63.3 Å². The molecule has 1 aliphatic heterocycles. The summed E-state index contributed by atoms with van der Waals surface area (Å²) in [5, 5.41) is 3.85. The largest absolute Gasteiger partial charge is 0.369 e. The zero-order valence-corrected chi connectivity index (χ0v) is 6.28. The molecule has 56 valence electrons. The monoisotopic (exact) mass is 159 g/mol. The molecule has 3 N–H and O–H groups in total. The first-order valence-electron chi connectivity index (χ1n) is 2.98. The minimum atomic E-state index is -0.304. The molecular formula is C5H9N3OS. The Morgan fingerprint density at radius 1 is 1.90 bits per heavy atom. The molecule has 0 fully saturated rings. The van der Waals surface area contributed by atoms with Crippen molar-refractivity contribution in [2.24, 2.45) is 10.7 Å². The van der Waals surface area contributed by atoms with Crippen LogP contribution >= 0.6 is 11.8 Å². The van der Waals surface area contributed by atoms with Crippen molar-refractivity contribution in [3.8, 4) is 0 Å². The smallest absolute Gasteiger partial charge is 0.227 e. The lowest BCUT2D eigenvalue weighted by molar-refractivity contribution is -0.115. The van der Waals surface area contributed by atoms with Gasteiger partial charge in [-0.25, -0.2) is 0 Å². The predicted molar refractivity (Wildman–Crippen MR) is 42.0 cm³/mol. The van der Waals surface area contributed by atoms with E-state index in [0.29, 0.717) is 5.75 Å². The summed E-state index contributed by atoms with van der Waals surface area (Å²) < 4.78 is 0. The van der Waals surface area contributed by atoms with E-state index in [1.165, 1.54) is 11.8 Å². The van der Waals surface area contributed by atoms with Crippen LogP contribution in [0.3, 0.4) is 0 Å². The highest BCUT2D eigenvalue weighted by atomic mass is 32.2. The Bertz CT molecular complexity index is 168. The van der Waals surface area contributed by atoms with Gasteiger partial charge in [-0.05, 0) is 0 Å². The summed E-state index contributed by atoms with van der Waals surface area (Å²) in [6, 6.07) is 0. The van der Waals surface area contributed by atoms with Crippen molar-refractivity contribution in [1.29, 1.82) is 0 Å². The van der Waals surface area contributed by atoms with Crippen LogP contribution in [-0.2, 0) is 4.79 Å². The molecule has 10 heavy (non-hydrogen) atoms. The van der Waals surface area contributed by atoms with E-state index in [-0.39, 0.29) is 5.91 Å². The maximum absolute atomic E-state index is 10.3. The lowest BCUT2D eigenvalue weighted by Crippen LogP contribution is -2.20. The Morgan fingerprint density at radius 2 is 2.70 bits per heavy atom. The molecule has 0 saturated heterocycles. The topological polar surface area (TPSA) is 67.5 Å². The fourth-order valence-electron chi connectivity index (χ4n) is 0.612. The van der Waals surface area contributed by atoms with Gasteiger partial charge in [-0.3, -0.25) is 9.79 Å². The van der Waals surface area contributed by atoms with Gasteiger partial charge < -0.3 is 11.1 Å². The van der Waals surface area contributed by atoms with Gasteiger partial charge in [-0.2, -0.15) is 0 Å². The van der Waals surface area contributed by atoms with E-state index in [4.69, 9.17) is 5.73 Å². The fraction of sp³-hybridized carbons (Fsp3) is 0.600. The lowest BCUT2D eigenvalue weighted by atomic mass is 10.7. The number of thioether (sulfide) groups is 1. The van der Waals surface area contributed by atoms with Gasteiger partial charge in [-0.1, -0.05) is 11.8 Å². The van der Waals surface area contributed by atoms with Crippen molar-refractivity contribution in [2.75, 3.05) is 18.8 Å². The van der Waals surface area contributed by atoms with Crippen LogP contribution in [0.4, 0.5) is 0 Å². The zero-order valence-electron chi connectivity index (χ0n) is 5.46. The lowest BCUT2D eigenvalue weighted by Gasteiger charge is -1.96. The summed E-state index contributed by atoms with van der Waals surface area (Å²) in [7, 11) is 0. The number of carbonyl (C=O) groups excluding carboxylic acids is 1. The minimum absolute atomic E-state index is 0.304. The van der Waals surface area contributed by atoms with E-state index in [1.54, 1.807) is 0 Å². The molecule has 0 spiro atoms. The van der Waals surface area contributed by atoms with Crippen LogP contribution in [-0.4, -0.2) is 29.9 Å². The molecule has 0 atom stereocenters. The first-order valence-corrected chi connectivity index (χ1v) is 3.97. The fourth-order valence-corrected chi connectivity index (χ4v) is 1.28. The number of hydrogen-bond acceptors (Lipinski definition) is 4. The highest BCUT2D eigenvalue weighted by molar-refractivity contribution is 8.14. The number of carbonyl (C=O) groups is 1. The minimum Gasteiger partial charge on any atom is -0.369 e. The molecule has 0 aromatic rings. The molecule has 1 heterocycles. The van der Waals surface area contributed by atoms with Gasteiger partial charge in [0.2, 0.25) is 5.91 Å². The molecule has 0 aromatic carbocycles. The Morgan fingerprint density at radius 3 is 3.20 bits per heavy atom. The second kappa shape index (κ2) is 3.46. The Kier molecular flexibility index (Phi) is 2.56. The normalized spacial score (nSPS) is 16.2. The quantitative estimate of drug-likeness (QED) is 0.552. The van der Waals surface area contributed by atoms with Gasteiger partial charge in [0.05, 0.1) is 12.3 Å². The van der Waals surface area contributed by atoms with Crippen LogP contribution in [0.1, 0.15) is 0 Å². The van der Waals surface area contributed by atoms with Crippen LogP contribution in [0.25, 0.3) is 0 Å². The molecule has 4 nitrogen and oxygen atoms in total. The van der Waals surface area contributed by atoms with Gasteiger partial charge in [-0.15, -0.1) is 0 Å². The second-order valence-corrected chi connectivity index (χ2v) is 2.83. The Hall–Kier alpha value is -0.710. The zero-order chi connectivity index (χ0) is 7.40. The second-order valence-electron chi connectivity index (χ2n) is 1.87. The van der Waals surface area contributed by atoms with E-state index in [1.807, 2.05) is 0 Å². The molecule has 0 bridgehead atoms. The van der Waals surface area contributed by atoms with Crippen LogP contribution in [0.2, 0.25) is 0 Å². The van der Waals surface area contributed by atoms with Gasteiger partial charge in [0, 0.05) is 6.54 Å². The average Bonchev–Trinajstić information content (AvgIpc) is 2.34. The molecule has 0 unspecified atom stereocenters. The highest BCUT2D eigenvalue weighted by Crippen LogP contribution is 2.03. The van der Waals surface area contributed by atoms with Gasteiger partial charge in [0.25, 0.3) is 0 Å². The summed E-state index contributed by atoms with van der Waals surface area (Å²) in [5.74, 6) is 0.00708.